The third kappa shape index (κ3) is 4.62. The van der Waals surface area contributed by atoms with E-state index in [0.717, 1.165) is 52.1 Å². The molecule has 152 valence electrons. The molecule has 0 atom stereocenters. The van der Waals surface area contributed by atoms with Gasteiger partial charge in [0.1, 0.15) is 18.2 Å². The van der Waals surface area contributed by atoms with Crippen molar-refractivity contribution in [2.45, 2.75) is 0 Å². The number of methoxy groups -OCH3 is 1. The molecule has 4 rings (SSSR count). The van der Waals surface area contributed by atoms with Crippen LogP contribution in [0.3, 0.4) is 0 Å². The molecule has 0 unspecified atom stereocenters. The molecule has 0 radical (unpaired) electrons. The van der Waals surface area contributed by atoms with Gasteiger partial charge in [0.25, 0.3) is 0 Å². The maximum absolute atomic E-state index is 6.42. The molecule has 3 aromatic rings. The molecule has 3 aromatic carbocycles. The smallest absolute Gasteiger partial charge is 0.132 e. The van der Waals surface area contributed by atoms with Crippen molar-refractivity contribution >= 4 is 52.2 Å². The summed E-state index contributed by atoms with van der Waals surface area (Å²) in [6.07, 6.45) is 0. The lowest BCUT2D eigenvalue weighted by Gasteiger charge is -2.14. The Morgan fingerprint density at radius 1 is 1.00 bits per heavy atom. The zero-order valence-corrected chi connectivity index (χ0v) is 18.2. The first-order chi connectivity index (χ1) is 13.7. The number of ether oxygens (including phenoxy) is 2. The van der Waals surface area contributed by atoms with Gasteiger partial charge in [0.15, 0.2) is 0 Å². The number of halogens is 3. The molecular formula is C22H21Cl3N2O2. The predicted molar refractivity (Wildman–Crippen MR) is 123 cm³/mol. The summed E-state index contributed by atoms with van der Waals surface area (Å²) in [6.45, 7) is 2.62. The van der Waals surface area contributed by atoms with Crippen molar-refractivity contribution in [3.8, 4) is 16.9 Å². The van der Waals surface area contributed by atoms with Crippen LogP contribution in [0.15, 0.2) is 53.5 Å². The number of hydrogen-bond donors (Lipinski definition) is 1. The Morgan fingerprint density at radius 3 is 2.62 bits per heavy atom. The van der Waals surface area contributed by atoms with Crippen molar-refractivity contribution in [1.82, 2.24) is 5.32 Å². The third-order valence-corrected chi connectivity index (χ3v) is 5.49. The van der Waals surface area contributed by atoms with Gasteiger partial charge in [-0.2, -0.15) is 0 Å². The second-order valence-electron chi connectivity index (χ2n) is 6.51. The van der Waals surface area contributed by atoms with E-state index in [1.54, 1.807) is 13.2 Å². The molecule has 0 saturated heterocycles. The summed E-state index contributed by atoms with van der Waals surface area (Å²) >= 11 is 12.6. The van der Waals surface area contributed by atoms with E-state index in [0.29, 0.717) is 23.3 Å². The van der Waals surface area contributed by atoms with E-state index >= 15 is 0 Å². The second kappa shape index (κ2) is 9.68. The van der Waals surface area contributed by atoms with E-state index in [2.05, 4.69) is 28.5 Å². The number of fused-ring (bicyclic) bond motifs is 1. The van der Waals surface area contributed by atoms with Crippen molar-refractivity contribution in [3.63, 3.8) is 0 Å². The van der Waals surface area contributed by atoms with Gasteiger partial charge >= 0.3 is 0 Å². The van der Waals surface area contributed by atoms with Crippen molar-refractivity contribution in [2.75, 3.05) is 33.4 Å². The zero-order valence-electron chi connectivity index (χ0n) is 15.9. The minimum atomic E-state index is 0. The number of hydrogen-bond acceptors (Lipinski definition) is 4. The minimum Gasteiger partial charge on any atom is -0.490 e. The van der Waals surface area contributed by atoms with Crippen molar-refractivity contribution in [3.05, 3.63) is 64.1 Å². The predicted octanol–water partition coefficient (Wildman–Crippen LogP) is 5.61. The second-order valence-corrected chi connectivity index (χ2v) is 7.30. The van der Waals surface area contributed by atoms with Gasteiger partial charge in [0, 0.05) is 19.2 Å². The van der Waals surface area contributed by atoms with E-state index < -0.39 is 0 Å². The topological polar surface area (TPSA) is 42.9 Å². The molecule has 4 nitrogen and oxygen atoms in total. The van der Waals surface area contributed by atoms with Crippen LogP contribution >= 0.6 is 35.6 Å². The fourth-order valence-electron chi connectivity index (χ4n) is 3.29. The summed E-state index contributed by atoms with van der Waals surface area (Å²) in [5, 5.41) is 6.60. The summed E-state index contributed by atoms with van der Waals surface area (Å²) in [5.74, 6) is 1.66. The number of rotatable bonds is 6. The van der Waals surface area contributed by atoms with Crippen LogP contribution in [0.25, 0.3) is 21.9 Å². The molecule has 0 fully saturated rings. The van der Waals surface area contributed by atoms with Gasteiger partial charge in [-0.05, 0) is 40.6 Å². The summed E-state index contributed by atoms with van der Waals surface area (Å²) in [5.41, 5.74) is 2.88. The van der Waals surface area contributed by atoms with Gasteiger partial charge < -0.3 is 14.8 Å². The number of benzene rings is 3. The summed E-state index contributed by atoms with van der Waals surface area (Å²) in [6, 6.07) is 16.1. The SMILES string of the molecule is COCCOc1cc2ccc(-c3cccc(Cl)c3Cl)cc2cc1C1=NCCN1.Cl. The summed E-state index contributed by atoms with van der Waals surface area (Å²) in [4.78, 5) is 4.56. The maximum Gasteiger partial charge on any atom is 0.132 e. The van der Waals surface area contributed by atoms with E-state index in [1.165, 1.54) is 0 Å². The molecule has 1 N–H and O–H groups in total. The Morgan fingerprint density at radius 2 is 1.86 bits per heavy atom. The first kappa shape index (κ1) is 21.7. The van der Waals surface area contributed by atoms with Gasteiger partial charge in [-0.3, -0.25) is 4.99 Å². The quantitative estimate of drug-likeness (QED) is 0.495. The summed E-state index contributed by atoms with van der Waals surface area (Å²) in [7, 11) is 1.66. The zero-order chi connectivity index (χ0) is 19.5. The van der Waals surface area contributed by atoms with Gasteiger partial charge in [-0.25, -0.2) is 0 Å². The van der Waals surface area contributed by atoms with Crippen LogP contribution in [0.4, 0.5) is 0 Å². The molecule has 0 saturated carbocycles. The Hall–Kier alpha value is -1.98. The van der Waals surface area contributed by atoms with Crippen LogP contribution in [0.2, 0.25) is 10.0 Å². The highest BCUT2D eigenvalue weighted by atomic mass is 35.5. The van der Waals surface area contributed by atoms with Gasteiger partial charge in [-0.15, -0.1) is 12.4 Å². The highest BCUT2D eigenvalue weighted by molar-refractivity contribution is 6.43. The highest BCUT2D eigenvalue weighted by Gasteiger charge is 2.16. The normalized spacial score (nSPS) is 13.0. The van der Waals surface area contributed by atoms with Crippen LogP contribution in [-0.4, -0.2) is 39.2 Å². The fourth-order valence-corrected chi connectivity index (χ4v) is 3.70. The molecule has 1 heterocycles. The number of nitrogens with zero attached hydrogens (tertiary/aromatic N) is 1. The Labute approximate surface area is 186 Å². The molecule has 0 amide bonds. The number of nitrogens with one attached hydrogen (secondary N) is 1. The molecular weight excluding hydrogens is 431 g/mol. The molecule has 1 aliphatic rings. The largest absolute Gasteiger partial charge is 0.490 e. The first-order valence-corrected chi connectivity index (χ1v) is 9.85. The molecule has 0 spiro atoms. The van der Waals surface area contributed by atoms with Gasteiger partial charge in [-0.1, -0.05) is 47.5 Å². The van der Waals surface area contributed by atoms with Crippen molar-refractivity contribution < 1.29 is 9.47 Å². The van der Waals surface area contributed by atoms with Crippen LogP contribution in [0, 0.1) is 0 Å². The molecule has 0 aliphatic carbocycles. The van der Waals surface area contributed by atoms with Crippen LogP contribution in [-0.2, 0) is 4.74 Å². The lowest BCUT2D eigenvalue weighted by molar-refractivity contribution is 0.146. The minimum absolute atomic E-state index is 0. The lowest BCUT2D eigenvalue weighted by Crippen LogP contribution is -2.20. The average molecular weight is 452 g/mol. The van der Waals surface area contributed by atoms with Crippen LogP contribution in [0.5, 0.6) is 5.75 Å². The van der Waals surface area contributed by atoms with E-state index in [4.69, 9.17) is 32.7 Å². The fraction of sp³-hybridized carbons (Fsp3) is 0.227. The monoisotopic (exact) mass is 450 g/mol. The van der Waals surface area contributed by atoms with E-state index in [9.17, 15) is 0 Å². The molecule has 1 aliphatic heterocycles. The average Bonchev–Trinajstić information content (AvgIpc) is 3.24. The van der Waals surface area contributed by atoms with E-state index in [-0.39, 0.29) is 12.4 Å². The molecule has 0 bridgehead atoms. The van der Waals surface area contributed by atoms with Gasteiger partial charge in [0.2, 0.25) is 0 Å². The lowest BCUT2D eigenvalue weighted by atomic mass is 9.99. The number of aliphatic imine (C=N–C) groups is 1. The van der Waals surface area contributed by atoms with Crippen LogP contribution < -0.4 is 10.1 Å². The molecule has 7 heteroatoms. The summed E-state index contributed by atoms with van der Waals surface area (Å²) < 4.78 is 11.1. The van der Waals surface area contributed by atoms with Gasteiger partial charge in [0.05, 0.1) is 28.8 Å². The third-order valence-electron chi connectivity index (χ3n) is 4.68. The molecule has 0 aromatic heterocycles. The Kier molecular flexibility index (Phi) is 7.25. The van der Waals surface area contributed by atoms with Crippen molar-refractivity contribution in [1.29, 1.82) is 0 Å². The Bertz CT molecular complexity index is 1050. The van der Waals surface area contributed by atoms with E-state index in [1.807, 2.05) is 24.3 Å². The Balaban J connectivity index is 0.00000240. The van der Waals surface area contributed by atoms with Crippen LogP contribution in [0.1, 0.15) is 5.56 Å². The van der Waals surface area contributed by atoms with Crippen molar-refractivity contribution in [2.24, 2.45) is 4.99 Å². The maximum atomic E-state index is 6.42. The first-order valence-electron chi connectivity index (χ1n) is 9.10. The molecule has 29 heavy (non-hydrogen) atoms. The highest BCUT2D eigenvalue weighted by Crippen LogP contribution is 2.36. The standard InChI is InChI=1S/C22H20Cl2N2O2.ClH/c1-27-9-10-28-20-13-14-5-6-15(17-3-2-4-19(23)21(17)24)11-16(14)12-18(20)22-25-7-8-26-22;/h2-6,11-13H,7-10H2,1H3,(H,25,26);1H. The number of amidine groups is 1.